The van der Waals surface area contributed by atoms with E-state index in [1.54, 1.807) is 0 Å². The van der Waals surface area contributed by atoms with Crippen molar-refractivity contribution < 1.29 is 30.0 Å². The topological polar surface area (TPSA) is 50.2 Å². The van der Waals surface area contributed by atoms with Gasteiger partial charge in [-0.25, -0.2) is 0 Å². The third-order valence-electron chi connectivity index (χ3n) is 8.35. The molecule has 3 aromatic carbocycles. The van der Waals surface area contributed by atoms with Gasteiger partial charge < -0.3 is 5.11 Å². The Labute approximate surface area is 259 Å². The van der Waals surface area contributed by atoms with Crippen LogP contribution in [0.15, 0.2) is 78.6 Å². The number of carbonyl (C=O) groups excluding carboxylic acids is 1. The van der Waals surface area contributed by atoms with Gasteiger partial charge in [-0.3, -0.25) is 9.78 Å². The average Bonchev–Trinajstić information content (AvgIpc) is 3.67. The van der Waals surface area contributed by atoms with Gasteiger partial charge in [-0.15, -0.1) is 29.1 Å². The fourth-order valence-electron chi connectivity index (χ4n) is 5.92. The van der Waals surface area contributed by atoms with Gasteiger partial charge in [0.25, 0.3) is 0 Å². The first kappa shape index (κ1) is 32.7. The number of carbonyl (C=O) groups is 1. The molecule has 0 atom stereocenters. The van der Waals surface area contributed by atoms with E-state index >= 15 is 0 Å². The van der Waals surface area contributed by atoms with E-state index in [2.05, 4.69) is 87.5 Å². The molecule has 2 aliphatic rings. The van der Waals surface area contributed by atoms with E-state index in [4.69, 9.17) is 4.98 Å². The second kappa shape index (κ2) is 14.4. The zero-order valence-electron chi connectivity index (χ0n) is 23.9. The first-order valence-electron chi connectivity index (χ1n) is 14.5. The maximum absolute atomic E-state index is 11.8. The van der Waals surface area contributed by atoms with Crippen LogP contribution in [0.2, 0.25) is 0 Å². The van der Waals surface area contributed by atoms with Gasteiger partial charge in [-0.1, -0.05) is 102 Å². The van der Waals surface area contributed by atoms with Crippen molar-refractivity contribution in [3.05, 3.63) is 90.2 Å². The molecule has 0 saturated heterocycles. The SMILES string of the molecule is C.CC(C)(C)c1ccc2nc(-c3[c-]ccc4ccccc34)ccc2c1.O=C(C=C(O)C1CCCC1)C1CCCC1.[Ir]. The van der Waals surface area contributed by atoms with Crippen LogP contribution in [0.1, 0.15) is 85.1 Å². The van der Waals surface area contributed by atoms with Gasteiger partial charge >= 0.3 is 0 Å². The van der Waals surface area contributed by atoms with E-state index in [0.717, 1.165) is 42.5 Å². The summed E-state index contributed by atoms with van der Waals surface area (Å²) < 4.78 is 0. The molecule has 0 unspecified atom stereocenters. The van der Waals surface area contributed by atoms with E-state index in [1.807, 2.05) is 6.07 Å². The number of hydrogen-bond donors (Lipinski definition) is 1. The molecule has 0 spiro atoms. The molecule has 2 aliphatic carbocycles. The minimum atomic E-state index is 0. The van der Waals surface area contributed by atoms with Gasteiger partial charge in [-0.2, -0.15) is 0 Å². The smallest absolute Gasteiger partial charge is 0.162 e. The molecule has 41 heavy (non-hydrogen) atoms. The third kappa shape index (κ3) is 7.93. The summed E-state index contributed by atoms with van der Waals surface area (Å²) in [7, 11) is 0. The molecule has 0 aliphatic heterocycles. The predicted molar refractivity (Wildman–Crippen MR) is 169 cm³/mol. The van der Waals surface area contributed by atoms with Crippen molar-refractivity contribution in [3.8, 4) is 11.3 Å². The summed E-state index contributed by atoms with van der Waals surface area (Å²) in [6, 6.07) is 26.7. The van der Waals surface area contributed by atoms with Crippen LogP contribution < -0.4 is 0 Å². The van der Waals surface area contributed by atoms with Crippen molar-refractivity contribution in [1.82, 2.24) is 4.98 Å². The normalized spacial score (nSPS) is 16.1. The fraction of sp³-hybridized carbons (Fsp3) is 0.405. The molecule has 219 valence electrons. The molecule has 1 N–H and O–H groups in total. The Balaban J connectivity index is 0.000000237. The van der Waals surface area contributed by atoms with Crippen LogP contribution in [-0.2, 0) is 30.3 Å². The second-order valence-corrected chi connectivity index (χ2v) is 12.2. The number of ketones is 1. The first-order valence-corrected chi connectivity index (χ1v) is 14.5. The summed E-state index contributed by atoms with van der Waals surface area (Å²) in [6.45, 7) is 6.71. The van der Waals surface area contributed by atoms with Crippen molar-refractivity contribution in [3.63, 3.8) is 0 Å². The van der Waals surface area contributed by atoms with Crippen molar-refractivity contribution in [2.45, 2.75) is 85.0 Å². The summed E-state index contributed by atoms with van der Waals surface area (Å²) >= 11 is 0. The zero-order chi connectivity index (χ0) is 27.4. The van der Waals surface area contributed by atoms with Crippen LogP contribution >= 0.6 is 0 Å². The number of aromatic nitrogens is 1. The number of nitrogens with zero attached hydrogens (tertiary/aromatic N) is 1. The molecular formula is C37H44IrNO2-. The van der Waals surface area contributed by atoms with E-state index in [-0.39, 0.29) is 50.6 Å². The number of fused-ring (bicyclic) bond motifs is 2. The maximum atomic E-state index is 11.8. The van der Waals surface area contributed by atoms with Crippen LogP contribution in [-0.4, -0.2) is 15.9 Å². The quantitative estimate of drug-likeness (QED) is 0.129. The van der Waals surface area contributed by atoms with Gasteiger partial charge in [0.05, 0.1) is 11.3 Å². The van der Waals surface area contributed by atoms with Crippen molar-refractivity contribution in [2.24, 2.45) is 11.8 Å². The number of pyridine rings is 1. The predicted octanol–water partition coefficient (Wildman–Crippen LogP) is 10.2. The molecule has 3 nitrogen and oxygen atoms in total. The molecule has 2 saturated carbocycles. The van der Waals surface area contributed by atoms with Crippen molar-refractivity contribution >= 4 is 27.5 Å². The fourth-order valence-corrected chi connectivity index (χ4v) is 5.92. The number of rotatable bonds is 4. The molecule has 1 radical (unpaired) electrons. The average molecular weight is 727 g/mol. The molecule has 4 aromatic rings. The summed E-state index contributed by atoms with van der Waals surface area (Å²) in [5, 5.41) is 13.4. The van der Waals surface area contributed by atoms with Crippen LogP contribution in [0.4, 0.5) is 0 Å². The summed E-state index contributed by atoms with van der Waals surface area (Å²) in [5.41, 5.74) is 4.55. The van der Waals surface area contributed by atoms with Crippen molar-refractivity contribution in [1.29, 1.82) is 0 Å². The summed E-state index contributed by atoms with van der Waals surface area (Å²) in [5.74, 6) is 0.991. The summed E-state index contributed by atoms with van der Waals surface area (Å²) in [4.78, 5) is 16.7. The molecular weight excluding hydrogens is 683 g/mol. The number of allylic oxidation sites excluding steroid dienone is 2. The van der Waals surface area contributed by atoms with Crippen LogP contribution in [0.5, 0.6) is 0 Å². The molecule has 6 rings (SSSR count). The van der Waals surface area contributed by atoms with Gasteiger partial charge in [0.2, 0.25) is 0 Å². The van der Waals surface area contributed by atoms with Crippen LogP contribution in [0.3, 0.4) is 0 Å². The summed E-state index contributed by atoms with van der Waals surface area (Å²) in [6.07, 6.45) is 10.4. The number of benzene rings is 3. The molecule has 2 fully saturated rings. The Hall–Kier alpha value is -2.81. The van der Waals surface area contributed by atoms with Gasteiger partial charge in [-0.05, 0) is 59.9 Å². The largest absolute Gasteiger partial charge is 0.512 e. The molecule has 1 aromatic heterocycles. The standard InChI is InChI=1S/C23H20N.C13H20O2.CH4.Ir/c1-23(2,3)18-12-14-21-17(15-18)11-13-22(24-21)20-10-6-8-16-7-4-5-9-19(16)20;14-12(10-5-1-2-6-10)9-13(15)11-7-3-4-8-11;;/h4-9,11-15H,1-3H3;9-11,14H,1-8H2;1H4;/q-1;;;. The number of aliphatic hydroxyl groups excluding tert-OH is 1. The van der Waals surface area contributed by atoms with Crippen molar-refractivity contribution in [2.75, 3.05) is 0 Å². The van der Waals surface area contributed by atoms with Crippen LogP contribution in [0.25, 0.3) is 32.9 Å². The van der Waals surface area contributed by atoms with E-state index < -0.39 is 0 Å². The third-order valence-corrected chi connectivity index (χ3v) is 8.35. The molecule has 4 heteroatoms. The number of aliphatic hydroxyl groups is 1. The monoisotopic (exact) mass is 727 g/mol. The molecule has 0 amide bonds. The number of hydrogen-bond acceptors (Lipinski definition) is 3. The van der Waals surface area contributed by atoms with E-state index in [0.29, 0.717) is 5.76 Å². The Morgan fingerprint density at radius 2 is 1.54 bits per heavy atom. The Kier molecular flexibility index (Phi) is 11.5. The van der Waals surface area contributed by atoms with Gasteiger partial charge in [0.15, 0.2) is 5.78 Å². The van der Waals surface area contributed by atoms with Crippen LogP contribution in [0, 0.1) is 17.9 Å². The Bertz CT molecular complexity index is 1480. The Morgan fingerprint density at radius 3 is 2.22 bits per heavy atom. The van der Waals surface area contributed by atoms with E-state index in [1.165, 1.54) is 53.5 Å². The minimum Gasteiger partial charge on any atom is -0.512 e. The molecule has 1 heterocycles. The first-order chi connectivity index (χ1) is 18.8. The van der Waals surface area contributed by atoms with Gasteiger partial charge in [0.1, 0.15) is 0 Å². The molecule has 0 bridgehead atoms. The Morgan fingerprint density at radius 1 is 0.878 bits per heavy atom. The second-order valence-electron chi connectivity index (χ2n) is 12.2. The zero-order valence-corrected chi connectivity index (χ0v) is 26.3. The minimum absolute atomic E-state index is 0. The maximum Gasteiger partial charge on any atom is 0.162 e. The van der Waals surface area contributed by atoms with Gasteiger partial charge in [0, 0.05) is 38.0 Å². The van der Waals surface area contributed by atoms with E-state index in [9.17, 15) is 9.90 Å².